The summed E-state index contributed by atoms with van der Waals surface area (Å²) in [6.45, 7) is 2.46. The number of halogens is 1. The van der Waals surface area contributed by atoms with Crippen LogP contribution in [0.5, 0.6) is 0 Å². The van der Waals surface area contributed by atoms with Gasteiger partial charge in [0.05, 0.1) is 5.69 Å². The Bertz CT molecular complexity index is 540. The lowest BCUT2D eigenvalue weighted by Crippen LogP contribution is -2.31. The number of nitrogens with two attached hydrogens (primary N) is 1. The lowest BCUT2D eigenvalue weighted by molar-refractivity contribution is 0.414. The van der Waals surface area contributed by atoms with E-state index >= 15 is 0 Å². The van der Waals surface area contributed by atoms with Gasteiger partial charge in [0.15, 0.2) is 0 Å². The second-order valence-electron chi connectivity index (χ2n) is 5.18. The molecule has 0 heterocycles. The monoisotopic (exact) mass is 286 g/mol. The molecule has 2 rings (SSSR count). The Balaban J connectivity index is 2.14. The van der Waals surface area contributed by atoms with Crippen LogP contribution in [0.3, 0.4) is 0 Å². The first-order valence-corrected chi connectivity index (χ1v) is 7.94. The summed E-state index contributed by atoms with van der Waals surface area (Å²) in [5.74, 6) is 0.00964. The lowest BCUT2D eigenvalue weighted by atomic mass is 9.99. The van der Waals surface area contributed by atoms with Crippen molar-refractivity contribution in [2.75, 3.05) is 12.3 Å². The Kier molecular flexibility index (Phi) is 4.10. The van der Waals surface area contributed by atoms with Crippen molar-refractivity contribution < 1.29 is 12.8 Å². The van der Waals surface area contributed by atoms with Crippen molar-refractivity contribution in [3.8, 4) is 0 Å². The SMILES string of the molecule is CC1CCCC1CNS(=O)(=O)c1c(N)cccc1F. The number of hydrogen-bond acceptors (Lipinski definition) is 3. The number of hydrogen-bond donors (Lipinski definition) is 2. The van der Waals surface area contributed by atoms with Crippen molar-refractivity contribution in [2.24, 2.45) is 11.8 Å². The van der Waals surface area contributed by atoms with Crippen LogP contribution < -0.4 is 10.5 Å². The first-order valence-electron chi connectivity index (χ1n) is 6.45. The van der Waals surface area contributed by atoms with Crippen molar-refractivity contribution in [1.82, 2.24) is 4.72 Å². The zero-order chi connectivity index (χ0) is 14.0. The highest BCUT2D eigenvalue weighted by molar-refractivity contribution is 7.89. The molecule has 4 nitrogen and oxygen atoms in total. The van der Waals surface area contributed by atoms with Crippen LogP contribution in [0.25, 0.3) is 0 Å². The normalized spacial score (nSPS) is 23.7. The van der Waals surface area contributed by atoms with E-state index in [9.17, 15) is 12.8 Å². The lowest BCUT2D eigenvalue weighted by Gasteiger charge is -2.16. The Morgan fingerprint density at radius 2 is 2.16 bits per heavy atom. The molecule has 106 valence electrons. The molecule has 0 aromatic heterocycles. The first-order chi connectivity index (χ1) is 8.92. The zero-order valence-electron chi connectivity index (χ0n) is 10.9. The molecule has 0 saturated heterocycles. The molecule has 1 aromatic rings. The van der Waals surface area contributed by atoms with E-state index in [-0.39, 0.29) is 5.69 Å². The average molecular weight is 286 g/mol. The Labute approximate surface area is 113 Å². The largest absolute Gasteiger partial charge is 0.398 e. The van der Waals surface area contributed by atoms with E-state index < -0.39 is 20.7 Å². The molecule has 0 aliphatic heterocycles. The molecule has 19 heavy (non-hydrogen) atoms. The van der Waals surface area contributed by atoms with Crippen molar-refractivity contribution >= 4 is 15.7 Å². The average Bonchev–Trinajstić information content (AvgIpc) is 2.72. The van der Waals surface area contributed by atoms with Crippen LogP contribution in [0.1, 0.15) is 26.2 Å². The van der Waals surface area contributed by atoms with Crippen LogP contribution in [-0.4, -0.2) is 15.0 Å². The number of sulfonamides is 1. The van der Waals surface area contributed by atoms with Crippen LogP contribution >= 0.6 is 0 Å². The molecule has 1 aliphatic rings. The van der Waals surface area contributed by atoms with Gasteiger partial charge in [0.1, 0.15) is 10.7 Å². The first kappa shape index (κ1) is 14.3. The highest BCUT2D eigenvalue weighted by Gasteiger charge is 2.27. The molecule has 0 radical (unpaired) electrons. The molecule has 6 heteroatoms. The van der Waals surface area contributed by atoms with E-state index in [1.165, 1.54) is 12.1 Å². The van der Waals surface area contributed by atoms with Gasteiger partial charge >= 0.3 is 0 Å². The molecule has 0 amide bonds. The van der Waals surface area contributed by atoms with Crippen LogP contribution in [0.2, 0.25) is 0 Å². The zero-order valence-corrected chi connectivity index (χ0v) is 11.7. The Morgan fingerprint density at radius 1 is 1.42 bits per heavy atom. The van der Waals surface area contributed by atoms with Crippen molar-refractivity contribution in [3.63, 3.8) is 0 Å². The molecule has 2 atom stereocenters. The van der Waals surface area contributed by atoms with Gasteiger partial charge in [-0.1, -0.05) is 25.8 Å². The summed E-state index contributed by atoms with van der Waals surface area (Å²) in [6, 6.07) is 3.88. The molecule has 1 aliphatic carbocycles. The van der Waals surface area contributed by atoms with Crippen LogP contribution in [0.15, 0.2) is 23.1 Å². The van der Waals surface area contributed by atoms with E-state index in [2.05, 4.69) is 11.6 Å². The van der Waals surface area contributed by atoms with Gasteiger partial charge < -0.3 is 5.73 Å². The van der Waals surface area contributed by atoms with E-state index in [4.69, 9.17) is 5.73 Å². The summed E-state index contributed by atoms with van der Waals surface area (Å²) in [4.78, 5) is -0.444. The highest BCUT2D eigenvalue weighted by Crippen LogP contribution is 2.31. The number of anilines is 1. The standard InChI is InChI=1S/C13H19FN2O2S/c1-9-4-2-5-10(9)8-16-19(17,18)13-11(14)6-3-7-12(13)15/h3,6-7,9-10,16H,2,4-5,8,15H2,1H3. The minimum atomic E-state index is -3.88. The maximum Gasteiger partial charge on any atom is 0.245 e. The van der Waals surface area contributed by atoms with Gasteiger partial charge in [-0.05, 0) is 30.4 Å². The van der Waals surface area contributed by atoms with Crippen molar-refractivity contribution in [3.05, 3.63) is 24.0 Å². The van der Waals surface area contributed by atoms with E-state index in [0.717, 1.165) is 25.3 Å². The molecule has 1 saturated carbocycles. The van der Waals surface area contributed by atoms with Crippen molar-refractivity contribution in [2.45, 2.75) is 31.1 Å². The maximum absolute atomic E-state index is 13.6. The number of nitrogens with one attached hydrogen (secondary N) is 1. The van der Waals surface area contributed by atoms with Gasteiger partial charge in [-0.25, -0.2) is 17.5 Å². The minimum absolute atomic E-state index is 0.0630. The molecule has 1 fully saturated rings. The molecule has 0 spiro atoms. The molecule has 0 bridgehead atoms. The van der Waals surface area contributed by atoms with E-state index in [1.807, 2.05) is 0 Å². The van der Waals surface area contributed by atoms with Gasteiger partial charge in [0.25, 0.3) is 0 Å². The number of rotatable bonds is 4. The topological polar surface area (TPSA) is 72.2 Å². The third-order valence-corrected chi connectivity index (χ3v) is 5.36. The molecule has 1 aromatic carbocycles. The summed E-state index contributed by atoms with van der Waals surface area (Å²) in [5, 5.41) is 0. The molecular weight excluding hydrogens is 267 g/mol. The number of nitrogen functional groups attached to an aromatic ring is 1. The van der Waals surface area contributed by atoms with Gasteiger partial charge in [0, 0.05) is 6.54 Å². The second-order valence-corrected chi connectivity index (χ2v) is 6.88. The predicted molar refractivity (Wildman–Crippen MR) is 72.5 cm³/mol. The third kappa shape index (κ3) is 3.06. The summed E-state index contributed by atoms with van der Waals surface area (Å²) < 4.78 is 40.3. The maximum atomic E-state index is 13.6. The minimum Gasteiger partial charge on any atom is -0.398 e. The van der Waals surface area contributed by atoms with Gasteiger partial charge in [-0.3, -0.25) is 0 Å². The Hall–Kier alpha value is -1.14. The van der Waals surface area contributed by atoms with Gasteiger partial charge in [-0.2, -0.15) is 0 Å². The van der Waals surface area contributed by atoms with Crippen LogP contribution in [0.4, 0.5) is 10.1 Å². The predicted octanol–water partition coefficient (Wildman–Crippen LogP) is 2.12. The molecular formula is C13H19FN2O2S. The fourth-order valence-electron chi connectivity index (χ4n) is 2.62. The van der Waals surface area contributed by atoms with Gasteiger partial charge in [0.2, 0.25) is 10.0 Å². The van der Waals surface area contributed by atoms with E-state index in [0.29, 0.717) is 18.4 Å². The third-order valence-electron chi connectivity index (χ3n) is 3.84. The highest BCUT2D eigenvalue weighted by atomic mass is 32.2. The summed E-state index contributed by atoms with van der Waals surface area (Å²) in [6.07, 6.45) is 3.25. The molecule has 3 N–H and O–H groups in total. The van der Waals surface area contributed by atoms with Crippen LogP contribution in [0, 0.1) is 17.7 Å². The van der Waals surface area contributed by atoms with Crippen molar-refractivity contribution in [1.29, 1.82) is 0 Å². The quantitative estimate of drug-likeness (QED) is 0.833. The van der Waals surface area contributed by atoms with E-state index in [1.54, 1.807) is 0 Å². The Morgan fingerprint density at radius 3 is 2.74 bits per heavy atom. The summed E-state index contributed by atoms with van der Waals surface area (Å²) in [5.41, 5.74) is 5.50. The number of benzene rings is 1. The summed E-state index contributed by atoms with van der Waals surface area (Å²) >= 11 is 0. The smallest absolute Gasteiger partial charge is 0.245 e. The fourth-order valence-corrected chi connectivity index (χ4v) is 3.90. The fraction of sp³-hybridized carbons (Fsp3) is 0.538. The van der Waals surface area contributed by atoms with Gasteiger partial charge in [-0.15, -0.1) is 0 Å². The van der Waals surface area contributed by atoms with Crippen LogP contribution in [-0.2, 0) is 10.0 Å². The second kappa shape index (κ2) is 5.46. The summed E-state index contributed by atoms with van der Waals surface area (Å²) in [7, 11) is -3.88. The molecule has 2 unspecified atom stereocenters.